The number of carbonyl (C=O) groups excluding carboxylic acids is 2. The van der Waals surface area contributed by atoms with Crippen LogP contribution in [0.1, 0.15) is 26.3 Å². The first kappa shape index (κ1) is 22.1. The van der Waals surface area contributed by atoms with Gasteiger partial charge in [0.15, 0.2) is 0 Å². The van der Waals surface area contributed by atoms with Gasteiger partial charge in [0.1, 0.15) is 6.61 Å². The zero-order chi connectivity index (χ0) is 16.1. The molecule has 0 aromatic heterocycles. The summed E-state index contributed by atoms with van der Waals surface area (Å²) in [5.74, 6) is -0.485. The average Bonchev–Trinajstić information content (AvgIpc) is 2.50. The zero-order valence-corrected chi connectivity index (χ0v) is 12.3. The molecular weight excluding hydrogens is 304 g/mol. The second-order valence-electron chi connectivity index (χ2n) is 3.79. The van der Waals surface area contributed by atoms with Crippen molar-refractivity contribution < 1.29 is 14.3 Å². The van der Waals surface area contributed by atoms with E-state index in [0.717, 1.165) is 5.56 Å². The fourth-order valence-electron chi connectivity index (χ4n) is 1.09. The third-order valence-corrected chi connectivity index (χ3v) is 2.43. The Morgan fingerprint density at radius 1 is 1.23 bits per heavy atom. The molecule has 1 aromatic rings. The molecule has 0 atom stereocenters. The number of carbonyl (C=O) groups is 2. The third-order valence-electron chi connectivity index (χ3n) is 2.17. The number of ketones is 1. The maximum absolute atomic E-state index is 11.2. The molecule has 118 valence electrons. The van der Waals surface area contributed by atoms with Gasteiger partial charge in [-0.15, -0.1) is 0 Å². The molecule has 6 heteroatoms. The molecule has 1 aromatic carbocycles. The molecule has 0 aliphatic carbocycles. The van der Waals surface area contributed by atoms with Gasteiger partial charge in [0.05, 0.1) is 6.61 Å². The van der Waals surface area contributed by atoms with Gasteiger partial charge in [-0.05, 0) is 17.2 Å². The predicted octanol–water partition coefficient (Wildman–Crippen LogP) is 3.73. The van der Waals surface area contributed by atoms with E-state index in [2.05, 4.69) is 9.69 Å². The van der Waals surface area contributed by atoms with Gasteiger partial charge < -0.3 is 4.74 Å². The molecule has 0 heterocycles. The van der Waals surface area contributed by atoms with E-state index in [0.29, 0.717) is 13.0 Å². The van der Waals surface area contributed by atoms with Gasteiger partial charge in [-0.1, -0.05) is 44.7 Å². The summed E-state index contributed by atoms with van der Waals surface area (Å²) in [4.78, 5) is 26.6. The minimum Gasteiger partial charge on any atom is -0.368 e. The molecule has 0 saturated heterocycles. The molecular formula is C16H19ClN2O3. The molecule has 0 N–H and O–H groups in total. The summed E-state index contributed by atoms with van der Waals surface area (Å²) in [5, 5.41) is -0.273. The fraction of sp³-hybridized carbons (Fsp3) is 0.375. The lowest BCUT2D eigenvalue weighted by molar-refractivity contribution is -0.123. The van der Waals surface area contributed by atoms with E-state index in [-0.39, 0.29) is 19.3 Å². The van der Waals surface area contributed by atoms with Gasteiger partial charge in [0, 0.05) is 6.42 Å². The van der Waals surface area contributed by atoms with E-state index in [9.17, 15) is 9.59 Å². The van der Waals surface area contributed by atoms with E-state index in [1.54, 1.807) is 6.92 Å². The molecule has 0 spiro atoms. The first-order valence-corrected chi connectivity index (χ1v) is 6.48. The number of benzene rings is 1. The van der Waals surface area contributed by atoms with Crippen LogP contribution in [0, 0.1) is 13.1 Å². The van der Waals surface area contributed by atoms with Gasteiger partial charge in [-0.3, -0.25) is 9.59 Å². The van der Waals surface area contributed by atoms with Crippen LogP contribution in [0.3, 0.4) is 0 Å². The van der Waals surface area contributed by atoms with Crippen molar-refractivity contribution in [3.8, 4) is 0 Å². The van der Waals surface area contributed by atoms with E-state index >= 15 is 0 Å². The Kier molecular flexibility index (Phi) is 13.8. The normalized spacial score (nSPS) is 8.59. The molecule has 22 heavy (non-hydrogen) atoms. The molecule has 0 amide bonds. The van der Waals surface area contributed by atoms with Crippen molar-refractivity contribution in [2.75, 3.05) is 6.61 Å². The molecule has 5 nitrogen and oxygen atoms in total. The Morgan fingerprint density at radius 3 is 2.14 bits per heavy atom. The minimum absolute atomic E-state index is 0. The van der Waals surface area contributed by atoms with Crippen LogP contribution >= 0.6 is 11.6 Å². The van der Waals surface area contributed by atoms with Crippen molar-refractivity contribution in [2.45, 2.75) is 33.5 Å². The van der Waals surface area contributed by atoms with Gasteiger partial charge in [-0.25, -0.2) is 22.8 Å². The van der Waals surface area contributed by atoms with Gasteiger partial charge in [0.2, 0.25) is 5.24 Å². The van der Waals surface area contributed by atoms with Gasteiger partial charge >= 0.3 is 11.9 Å². The highest BCUT2D eigenvalue weighted by atomic mass is 35.5. The van der Waals surface area contributed by atoms with Crippen molar-refractivity contribution >= 4 is 22.6 Å². The van der Waals surface area contributed by atoms with Crippen molar-refractivity contribution in [1.29, 1.82) is 0 Å². The highest BCUT2D eigenvalue weighted by Crippen LogP contribution is 2.02. The standard InChI is InChI=1S/C12H10N2O2.C3H5ClO.CH4/c1-13-12(14-2)11(15)9-16-8-10-6-4-3-5-7-10;1-2-3(4)5;/h3-7,12H,8-9H2;2H2,1H3;1H4. The second-order valence-corrected chi connectivity index (χ2v) is 4.21. The molecule has 0 aliphatic rings. The largest absolute Gasteiger partial charge is 0.537 e. The number of rotatable bonds is 6. The maximum Gasteiger partial charge on any atom is 0.537 e. The number of Topliss-reactive ketones (excluding diaryl/α,β-unsaturated/α-hetero) is 1. The van der Waals surface area contributed by atoms with Crippen molar-refractivity contribution in [1.82, 2.24) is 0 Å². The summed E-state index contributed by atoms with van der Waals surface area (Å²) in [7, 11) is 0. The third kappa shape index (κ3) is 10.6. The van der Waals surface area contributed by atoms with Gasteiger partial charge in [-0.2, -0.15) is 0 Å². The average molecular weight is 323 g/mol. The minimum atomic E-state index is -1.25. The molecule has 0 aliphatic heterocycles. The Bertz CT molecular complexity index is 519. The first-order valence-electron chi connectivity index (χ1n) is 6.11. The molecule has 0 fully saturated rings. The summed E-state index contributed by atoms with van der Waals surface area (Å²) < 4.78 is 5.13. The zero-order valence-electron chi connectivity index (χ0n) is 11.6. The molecule has 0 unspecified atom stereocenters. The number of ether oxygens (including phenoxy) is 1. The molecule has 0 saturated carbocycles. The Labute approximate surface area is 136 Å². The molecule has 0 radical (unpaired) electrons. The summed E-state index contributed by atoms with van der Waals surface area (Å²) >= 11 is 4.82. The number of halogens is 1. The monoisotopic (exact) mass is 322 g/mol. The van der Waals surface area contributed by atoms with E-state index in [4.69, 9.17) is 29.5 Å². The fourth-order valence-corrected chi connectivity index (χ4v) is 1.09. The SMILES string of the molecule is C.CCC(=O)Cl.[C-]#[N+]C([N+]#[C-])C(=O)COCc1ccccc1. The Hall–Kier alpha value is -2.21. The summed E-state index contributed by atoms with van der Waals surface area (Å²) in [6.07, 6.45) is -0.822. The quantitative estimate of drug-likeness (QED) is 0.592. The van der Waals surface area contributed by atoms with Crippen LogP contribution in [-0.2, 0) is 20.9 Å². The highest BCUT2D eigenvalue weighted by molar-refractivity contribution is 6.63. The van der Waals surface area contributed by atoms with E-state index < -0.39 is 11.9 Å². The van der Waals surface area contributed by atoms with Crippen LogP contribution in [0.5, 0.6) is 0 Å². The van der Waals surface area contributed by atoms with Crippen LogP contribution in [0.25, 0.3) is 9.69 Å². The Balaban J connectivity index is 0. The number of nitrogens with zero attached hydrogens (tertiary/aromatic N) is 2. The summed E-state index contributed by atoms with van der Waals surface area (Å²) in [5.41, 5.74) is 0.956. The summed E-state index contributed by atoms with van der Waals surface area (Å²) in [6, 6.07) is 9.41. The lowest BCUT2D eigenvalue weighted by Gasteiger charge is -2.01. The van der Waals surface area contributed by atoms with Crippen molar-refractivity contribution in [3.05, 3.63) is 58.7 Å². The highest BCUT2D eigenvalue weighted by Gasteiger charge is 2.27. The van der Waals surface area contributed by atoms with Gasteiger partial charge in [0.25, 0.3) is 0 Å². The van der Waals surface area contributed by atoms with E-state index in [1.165, 1.54) is 0 Å². The van der Waals surface area contributed by atoms with Crippen LogP contribution in [0.2, 0.25) is 0 Å². The van der Waals surface area contributed by atoms with Crippen LogP contribution in [-0.4, -0.2) is 23.8 Å². The molecule has 1 rings (SSSR count). The van der Waals surface area contributed by atoms with Crippen molar-refractivity contribution in [3.63, 3.8) is 0 Å². The number of hydrogen-bond acceptors (Lipinski definition) is 3. The lowest BCUT2D eigenvalue weighted by Crippen LogP contribution is -2.18. The summed E-state index contributed by atoms with van der Waals surface area (Å²) in [6.45, 7) is 15.1. The maximum atomic E-state index is 11.2. The lowest BCUT2D eigenvalue weighted by atomic mass is 10.2. The van der Waals surface area contributed by atoms with Crippen LogP contribution in [0.15, 0.2) is 30.3 Å². The smallest absolute Gasteiger partial charge is 0.368 e. The first-order chi connectivity index (χ1) is 10.0. The second kappa shape index (κ2) is 13.8. The topological polar surface area (TPSA) is 52.1 Å². The van der Waals surface area contributed by atoms with Crippen LogP contribution < -0.4 is 0 Å². The van der Waals surface area contributed by atoms with Crippen LogP contribution in [0.4, 0.5) is 0 Å². The predicted molar refractivity (Wildman–Crippen MR) is 86.0 cm³/mol. The molecule has 0 bridgehead atoms. The van der Waals surface area contributed by atoms with Crippen molar-refractivity contribution in [2.24, 2.45) is 0 Å². The Morgan fingerprint density at radius 2 is 1.73 bits per heavy atom. The van der Waals surface area contributed by atoms with E-state index in [1.807, 2.05) is 30.3 Å². The number of hydrogen-bond donors (Lipinski definition) is 0.